The van der Waals surface area contributed by atoms with Crippen LogP contribution in [0.5, 0.6) is 0 Å². The molecule has 4 aliphatic rings. The van der Waals surface area contributed by atoms with Crippen molar-refractivity contribution in [2.24, 2.45) is 46.3 Å². The van der Waals surface area contributed by atoms with Crippen LogP contribution < -0.4 is 0 Å². The zero-order chi connectivity index (χ0) is 20.3. The Bertz CT molecular complexity index is 605. The average molecular weight is 393 g/mol. The lowest BCUT2D eigenvalue weighted by atomic mass is 9.44. The Hall–Kier alpha value is -0.610. The molecule has 4 unspecified atom stereocenters. The second kappa shape index (κ2) is 7.27. The number of rotatable bonds is 4. The molecular weight excluding hydrogens is 352 g/mol. The molecule has 0 aromatic heterocycles. The van der Waals surface area contributed by atoms with Crippen molar-refractivity contribution in [1.82, 2.24) is 0 Å². The maximum Gasteiger partial charge on any atom is 0.303 e. The average Bonchev–Trinajstić information content (AvgIpc) is 2.99. The highest BCUT2D eigenvalue weighted by atomic mass is 16.4. The third kappa shape index (κ3) is 3.14. The van der Waals surface area contributed by atoms with E-state index in [1.807, 2.05) is 0 Å². The zero-order valence-electron chi connectivity index (χ0n) is 17.9. The molecule has 0 aliphatic heterocycles. The normalized spacial score (nSPS) is 51.7. The minimum Gasteiger partial charge on any atom is -0.481 e. The van der Waals surface area contributed by atoms with E-state index in [4.69, 9.17) is 5.11 Å². The predicted octanol–water partition coefficient (Wildman–Crippen LogP) is 4.48. The maximum absolute atomic E-state index is 11.1. The molecule has 4 nitrogen and oxygen atoms in total. The largest absolute Gasteiger partial charge is 0.481 e. The van der Waals surface area contributed by atoms with Crippen molar-refractivity contribution < 1.29 is 20.1 Å². The first-order valence-corrected chi connectivity index (χ1v) is 11.7. The summed E-state index contributed by atoms with van der Waals surface area (Å²) < 4.78 is 0. The fourth-order valence-electron chi connectivity index (χ4n) is 8.81. The molecule has 0 radical (unpaired) electrons. The molecular formula is C24H40O4. The topological polar surface area (TPSA) is 77.8 Å². The van der Waals surface area contributed by atoms with E-state index in [-0.39, 0.29) is 30.0 Å². The van der Waals surface area contributed by atoms with Crippen LogP contribution in [0, 0.1) is 46.3 Å². The van der Waals surface area contributed by atoms with Gasteiger partial charge in [0, 0.05) is 6.42 Å². The van der Waals surface area contributed by atoms with E-state index in [9.17, 15) is 15.0 Å². The van der Waals surface area contributed by atoms with E-state index in [0.717, 1.165) is 32.1 Å². The van der Waals surface area contributed by atoms with Gasteiger partial charge in [0.2, 0.25) is 0 Å². The summed E-state index contributed by atoms with van der Waals surface area (Å²) in [6, 6.07) is 0. The molecule has 0 saturated heterocycles. The van der Waals surface area contributed by atoms with E-state index in [1.54, 1.807) is 0 Å². The first-order chi connectivity index (χ1) is 13.2. The number of aliphatic carboxylic acids is 1. The molecule has 4 aliphatic carbocycles. The summed E-state index contributed by atoms with van der Waals surface area (Å²) in [4.78, 5) is 11.1. The van der Waals surface area contributed by atoms with E-state index in [1.165, 1.54) is 25.7 Å². The summed E-state index contributed by atoms with van der Waals surface area (Å²) in [6.45, 7) is 7.16. The number of aliphatic hydroxyl groups is 2. The van der Waals surface area contributed by atoms with Gasteiger partial charge < -0.3 is 15.3 Å². The highest BCUT2D eigenvalue weighted by Crippen LogP contribution is 2.68. The Morgan fingerprint density at radius 1 is 0.964 bits per heavy atom. The second-order valence-electron chi connectivity index (χ2n) is 11.4. The molecule has 0 aromatic rings. The summed E-state index contributed by atoms with van der Waals surface area (Å²) in [5, 5.41) is 30.4. The third-order valence-corrected chi connectivity index (χ3v) is 10.2. The van der Waals surface area contributed by atoms with Crippen LogP contribution >= 0.6 is 0 Å². The fraction of sp³-hybridized carbons (Fsp3) is 0.958. The van der Waals surface area contributed by atoms with Crippen molar-refractivity contribution >= 4 is 5.97 Å². The summed E-state index contributed by atoms with van der Waals surface area (Å²) in [5.41, 5.74) is 0.478. The maximum atomic E-state index is 11.1. The van der Waals surface area contributed by atoms with E-state index in [0.29, 0.717) is 35.0 Å². The molecule has 28 heavy (non-hydrogen) atoms. The number of aliphatic hydroxyl groups excluding tert-OH is 2. The molecule has 0 heterocycles. The summed E-state index contributed by atoms with van der Waals surface area (Å²) in [6.07, 6.45) is 9.16. The molecule has 0 spiro atoms. The molecule has 3 N–H and O–H groups in total. The number of fused-ring (bicyclic) bond motifs is 5. The van der Waals surface area contributed by atoms with E-state index < -0.39 is 5.97 Å². The molecule has 0 aromatic carbocycles. The number of carboxylic acid groups (broad SMARTS) is 1. The predicted molar refractivity (Wildman–Crippen MR) is 109 cm³/mol. The summed E-state index contributed by atoms with van der Waals surface area (Å²) in [5.74, 6) is 2.61. The Labute approximate surface area is 170 Å². The fourth-order valence-corrected chi connectivity index (χ4v) is 8.81. The lowest BCUT2D eigenvalue weighted by molar-refractivity contribution is -0.172. The second-order valence-corrected chi connectivity index (χ2v) is 11.4. The van der Waals surface area contributed by atoms with Crippen molar-refractivity contribution in [2.75, 3.05) is 0 Å². The van der Waals surface area contributed by atoms with Crippen LogP contribution in [0.1, 0.15) is 85.0 Å². The van der Waals surface area contributed by atoms with Gasteiger partial charge in [-0.1, -0.05) is 20.8 Å². The van der Waals surface area contributed by atoms with Crippen LogP contribution in [0.25, 0.3) is 0 Å². The minimum absolute atomic E-state index is 0.176. The van der Waals surface area contributed by atoms with Crippen LogP contribution in [0.2, 0.25) is 0 Å². The summed E-state index contributed by atoms with van der Waals surface area (Å²) in [7, 11) is 0. The quantitative estimate of drug-likeness (QED) is 0.659. The van der Waals surface area contributed by atoms with Gasteiger partial charge in [0.15, 0.2) is 0 Å². The van der Waals surface area contributed by atoms with Gasteiger partial charge in [-0.25, -0.2) is 0 Å². The van der Waals surface area contributed by atoms with Crippen LogP contribution in [-0.4, -0.2) is 33.5 Å². The van der Waals surface area contributed by atoms with Gasteiger partial charge in [-0.2, -0.15) is 0 Å². The Morgan fingerprint density at radius 2 is 1.64 bits per heavy atom. The van der Waals surface area contributed by atoms with Gasteiger partial charge in [-0.15, -0.1) is 0 Å². The molecule has 0 bridgehead atoms. The molecule has 0 amide bonds. The molecule has 160 valence electrons. The number of hydrogen-bond donors (Lipinski definition) is 3. The molecule has 4 saturated carbocycles. The van der Waals surface area contributed by atoms with Crippen LogP contribution in [0.15, 0.2) is 0 Å². The smallest absolute Gasteiger partial charge is 0.303 e. The number of carboxylic acids is 1. The van der Waals surface area contributed by atoms with Crippen molar-refractivity contribution in [2.45, 2.75) is 97.2 Å². The van der Waals surface area contributed by atoms with Crippen molar-refractivity contribution in [3.63, 3.8) is 0 Å². The lowest BCUT2D eigenvalue weighted by Gasteiger charge is -2.62. The Morgan fingerprint density at radius 3 is 2.36 bits per heavy atom. The SMILES string of the molecule is C[C@H](CCC(=O)O)[C@H]1CCC2C3C[C@H](O)C4C[C@H](O)CC[C@]4(C)C3CC[C@@]21C. The van der Waals surface area contributed by atoms with E-state index in [2.05, 4.69) is 20.8 Å². The third-order valence-electron chi connectivity index (χ3n) is 10.2. The van der Waals surface area contributed by atoms with Gasteiger partial charge in [0.05, 0.1) is 12.2 Å². The minimum atomic E-state index is -0.677. The zero-order valence-corrected chi connectivity index (χ0v) is 17.9. The van der Waals surface area contributed by atoms with Gasteiger partial charge in [-0.05, 0) is 104 Å². The Balaban J connectivity index is 1.55. The van der Waals surface area contributed by atoms with Crippen LogP contribution in [-0.2, 0) is 4.79 Å². The van der Waals surface area contributed by atoms with E-state index >= 15 is 0 Å². The highest BCUT2D eigenvalue weighted by molar-refractivity contribution is 5.66. The number of carbonyl (C=O) groups is 1. The van der Waals surface area contributed by atoms with Crippen LogP contribution in [0.4, 0.5) is 0 Å². The van der Waals surface area contributed by atoms with Gasteiger partial charge in [-0.3, -0.25) is 4.79 Å². The first kappa shape index (κ1) is 20.7. The van der Waals surface area contributed by atoms with Crippen LogP contribution in [0.3, 0.4) is 0 Å². The van der Waals surface area contributed by atoms with Gasteiger partial charge in [0.1, 0.15) is 0 Å². The highest BCUT2D eigenvalue weighted by Gasteiger charge is 2.62. The molecule has 10 atom stereocenters. The van der Waals surface area contributed by atoms with Crippen molar-refractivity contribution in [3.05, 3.63) is 0 Å². The van der Waals surface area contributed by atoms with Gasteiger partial charge in [0.25, 0.3) is 0 Å². The Kier molecular flexibility index (Phi) is 5.36. The molecule has 4 heteroatoms. The van der Waals surface area contributed by atoms with Crippen molar-refractivity contribution in [3.8, 4) is 0 Å². The lowest BCUT2D eigenvalue weighted by Crippen LogP contribution is -2.58. The van der Waals surface area contributed by atoms with Gasteiger partial charge >= 0.3 is 5.97 Å². The summed E-state index contributed by atoms with van der Waals surface area (Å²) >= 11 is 0. The molecule has 4 rings (SSSR count). The number of hydrogen-bond acceptors (Lipinski definition) is 3. The molecule has 4 fully saturated rings. The standard InChI is InChI=1S/C24H40O4/c1-14(4-7-22(27)28)17-5-6-18-16-13-21(26)20-12-15(25)8-10-24(20,3)19(16)9-11-23(17,18)2/h14-21,25-26H,4-13H2,1-3H3,(H,27,28)/t14-,15-,16?,17-,18?,19?,20?,21+,23-,24-/m1/s1. The van der Waals surface area contributed by atoms with Crippen molar-refractivity contribution in [1.29, 1.82) is 0 Å². The monoisotopic (exact) mass is 392 g/mol. The first-order valence-electron chi connectivity index (χ1n) is 11.7.